The summed E-state index contributed by atoms with van der Waals surface area (Å²) in [6.07, 6.45) is 1.58. The number of carbonyl (C=O) groups excluding carboxylic acids is 1. The Hall–Kier alpha value is -2.86. The number of nitrogens with one attached hydrogen (secondary N) is 3. The SMILES string of the molecule is Cc1[nH]nc2ncc(NC(=O)c3cc4ccc(Cl)cc4[nH]3)cc12. The number of aromatic amines is 2. The van der Waals surface area contributed by atoms with Gasteiger partial charge in [0.25, 0.3) is 5.91 Å². The van der Waals surface area contributed by atoms with E-state index in [0.29, 0.717) is 22.1 Å². The number of rotatable bonds is 2. The van der Waals surface area contributed by atoms with Crippen LogP contribution in [-0.4, -0.2) is 26.1 Å². The summed E-state index contributed by atoms with van der Waals surface area (Å²) in [5.41, 5.74) is 3.43. The molecule has 0 aliphatic carbocycles. The van der Waals surface area contributed by atoms with Crippen LogP contribution in [0.15, 0.2) is 36.5 Å². The Morgan fingerprint density at radius 3 is 3.00 bits per heavy atom. The first-order valence-corrected chi connectivity index (χ1v) is 7.38. The highest BCUT2D eigenvalue weighted by Crippen LogP contribution is 2.21. The molecule has 6 nitrogen and oxygen atoms in total. The highest BCUT2D eigenvalue weighted by atomic mass is 35.5. The first kappa shape index (κ1) is 13.8. The molecular formula is C16H12ClN5O. The van der Waals surface area contributed by atoms with Crippen LogP contribution in [0.25, 0.3) is 21.9 Å². The number of fused-ring (bicyclic) bond motifs is 2. The van der Waals surface area contributed by atoms with Gasteiger partial charge in [0.15, 0.2) is 5.65 Å². The molecule has 114 valence electrons. The van der Waals surface area contributed by atoms with Gasteiger partial charge in [-0.1, -0.05) is 17.7 Å². The number of benzene rings is 1. The fourth-order valence-corrected chi connectivity index (χ4v) is 2.68. The van der Waals surface area contributed by atoms with Crippen molar-refractivity contribution in [3.63, 3.8) is 0 Å². The zero-order valence-corrected chi connectivity index (χ0v) is 12.9. The smallest absolute Gasteiger partial charge is 0.272 e. The van der Waals surface area contributed by atoms with Gasteiger partial charge in [0.1, 0.15) is 5.69 Å². The number of amides is 1. The number of aryl methyl sites for hydroxylation is 1. The molecule has 1 amide bonds. The molecule has 4 aromatic rings. The van der Waals surface area contributed by atoms with Crippen molar-refractivity contribution in [3.05, 3.63) is 52.9 Å². The third kappa shape index (κ3) is 2.43. The lowest BCUT2D eigenvalue weighted by Crippen LogP contribution is -2.12. The molecule has 0 radical (unpaired) electrons. The molecule has 7 heteroatoms. The lowest BCUT2D eigenvalue weighted by Gasteiger charge is -2.03. The first-order valence-electron chi connectivity index (χ1n) is 7.00. The zero-order valence-electron chi connectivity index (χ0n) is 12.1. The van der Waals surface area contributed by atoms with Crippen molar-refractivity contribution in [1.29, 1.82) is 0 Å². The summed E-state index contributed by atoms with van der Waals surface area (Å²) in [5.74, 6) is -0.236. The maximum Gasteiger partial charge on any atom is 0.272 e. The van der Waals surface area contributed by atoms with Crippen molar-refractivity contribution in [2.45, 2.75) is 6.92 Å². The number of halogens is 1. The van der Waals surface area contributed by atoms with Gasteiger partial charge in [0.05, 0.1) is 11.9 Å². The Labute approximate surface area is 135 Å². The van der Waals surface area contributed by atoms with E-state index in [2.05, 4.69) is 25.5 Å². The summed E-state index contributed by atoms with van der Waals surface area (Å²) in [5, 5.41) is 12.2. The second-order valence-corrected chi connectivity index (χ2v) is 5.75. The van der Waals surface area contributed by atoms with Crippen LogP contribution < -0.4 is 5.32 Å². The Kier molecular flexibility index (Phi) is 3.06. The molecule has 0 saturated carbocycles. The fraction of sp³-hybridized carbons (Fsp3) is 0.0625. The second-order valence-electron chi connectivity index (χ2n) is 5.31. The van der Waals surface area contributed by atoms with Crippen LogP contribution in [0.1, 0.15) is 16.2 Å². The van der Waals surface area contributed by atoms with Gasteiger partial charge in [-0.25, -0.2) is 4.98 Å². The summed E-state index contributed by atoms with van der Waals surface area (Å²) in [4.78, 5) is 19.7. The van der Waals surface area contributed by atoms with E-state index in [1.165, 1.54) is 0 Å². The highest BCUT2D eigenvalue weighted by molar-refractivity contribution is 6.31. The average Bonchev–Trinajstić information content (AvgIpc) is 3.11. The minimum Gasteiger partial charge on any atom is -0.350 e. The molecule has 3 heterocycles. The molecule has 3 aromatic heterocycles. The molecule has 0 unspecified atom stereocenters. The van der Waals surface area contributed by atoms with E-state index in [4.69, 9.17) is 11.6 Å². The van der Waals surface area contributed by atoms with Gasteiger partial charge in [-0.05, 0) is 31.2 Å². The predicted molar refractivity (Wildman–Crippen MR) is 89.9 cm³/mol. The van der Waals surface area contributed by atoms with Crippen LogP contribution >= 0.6 is 11.6 Å². The number of nitrogens with zero attached hydrogens (tertiary/aromatic N) is 2. The minimum atomic E-state index is -0.236. The maximum absolute atomic E-state index is 12.4. The normalized spacial score (nSPS) is 11.2. The maximum atomic E-state index is 12.4. The predicted octanol–water partition coefficient (Wildman–Crippen LogP) is 3.65. The van der Waals surface area contributed by atoms with Gasteiger partial charge in [-0.15, -0.1) is 0 Å². The van der Waals surface area contributed by atoms with Crippen LogP contribution in [0.2, 0.25) is 5.02 Å². The van der Waals surface area contributed by atoms with E-state index in [9.17, 15) is 4.79 Å². The van der Waals surface area contributed by atoms with Crippen molar-refractivity contribution in [1.82, 2.24) is 20.2 Å². The van der Waals surface area contributed by atoms with Crippen LogP contribution in [0, 0.1) is 6.92 Å². The van der Waals surface area contributed by atoms with Crippen LogP contribution in [0.5, 0.6) is 0 Å². The fourth-order valence-electron chi connectivity index (χ4n) is 2.51. The second kappa shape index (κ2) is 5.10. The third-order valence-corrected chi connectivity index (χ3v) is 3.92. The molecule has 3 N–H and O–H groups in total. The van der Waals surface area contributed by atoms with Gasteiger partial charge in [0.2, 0.25) is 0 Å². The third-order valence-electron chi connectivity index (χ3n) is 3.69. The van der Waals surface area contributed by atoms with Gasteiger partial charge < -0.3 is 10.3 Å². The van der Waals surface area contributed by atoms with Gasteiger partial charge in [0, 0.05) is 27.0 Å². The Bertz CT molecular complexity index is 1050. The summed E-state index contributed by atoms with van der Waals surface area (Å²) < 4.78 is 0. The Morgan fingerprint density at radius 2 is 2.13 bits per heavy atom. The number of hydrogen-bond acceptors (Lipinski definition) is 3. The number of anilines is 1. The molecule has 1 aromatic carbocycles. The van der Waals surface area contributed by atoms with E-state index < -0.39 is 0 Å². The van der Waals surface area contributed by atoms with E-state index in [1.807, 2.05) is 19.1 Å². The monoisotopic (exact) mass is 325 g/mol. The lowest BCUT2D eigenvalue weighted by atomic mass is 10.2. The molecule has 0 bridgehead atoms. The van der Waals surface area contributed by atoms with Crippen molar-refractivity contribution in [2.24, 2.45) is 0 Å². The molecule has 0 spiro atoms. The Balaban J connectivity index is 1.65. The highest BCUT2D eigenvalue weighted by Gasteiger charge is 2.11. The van der Waals surface area contributed by atoms with Crippen LogP contribution in [-0.2, 0) is 0 Å². The summed E-state index contributed by atoms with van der Waals surface area (Å²) in [6, 6.07) is 9.08. The number of aromatic nitrogens is 4. The Morgan fingerprint density at radius 1 is 1.26 bits per heavy atom. The molecule has 0 aliphatic rings. The standard InChI is InChI=1S/C16H12ClN5O/c1-8-12-6-11(7-18-15(12)22-21-8)19-16(23)14-4-9-2-3-10(17)5-13(9)20-14/h2-7,20H,1H3,(H,19,23)(H,18,21,22). The van der Waals surface area contributed by atoms with E-state index in [0.717, 1.165) is 22.0 Å². The van der Waals surface area contributed by atoms with Crippen LogP contribution in [0.4, 0.5) is 5.69 Å². The molecule has 4 rings (SSSR count). The number of carbonyl (C=O) groups is 1. The molecular weight excluding hydrogens is 314 g/mol. The van der Waals surface area contributed by atoms with E-state index in [-0.39, 0.29) is 5.91 Å². The number of pyridine rings is 1. The topological polar surface area (TPSA) is 86.5 Å². The summed E-state index contributed by atoms with van der Waals surface area (Å²) in [6.45, 7) is 1.91. The first-order chi connectivity index (χ1) is 11.1. The van der Waals surface area contributed by atoms with Crippen LogP contribution in [0.3, 0.4) is 0 Å². The van der Waals surface area contributed by atoms with E-state index in [1.54, 1.807) is 24.4 Å². The zero-order chi connectivity index (χ0) is 16.0. The number of hydrogen-bond donors (Lipinski definition) is 3. The molecule has 0 atom stereocenters. The quantitative estimate of drug-likeness (QED) is 0.525. The summed E-state index contributed by atoms with van der Waals surface area (Å²) in [7, 11) is 0. The van der Waals surface area contributed by atoms with E-state index >= 15 is 0 Å². The minimum absolute atomic E-state index is 0.236. The molecule has 0 saturated heterocycles. The van der Waals surface area contributed by atoms with Crippen molar-refractivity contribution in [2.75, 3.05) is 5.32 Å². The molecule has 0 aliphatic heterocycles. The number of H-pyrrole nitrogens is 2. The lowest BCUT2D eigenvalue weighted by molar-refractivity contribution is 0.102. The van der Waals surface area contributed by atoms with Gasteiger partial charge in [-0.3, -0.25) is 9.89 Å². The molecule has 23 heavy (non-hydrogen) atoms. The average molecular weight is 326 g/mol. The largest absolute Gasteiger partial charge is 0.350 e. The van der Waals surface area contributed by atoms with Crippen molar-refractivity contribution in [3.8, 4) is 0 Å². The van der Waals surface area contributed by atoms with Crippen molar-refractivity contribution >= 4 is 45.1 Å². The molecule has 0 fully saturated rings. The summed E-state index contributed by atoms with van der Waals surface area (Å²) >= 11 is 5.96. The van der Waals surface area contributed by atoms with Crippen molar-refractivity contribution < 1.29 is 4.79 Å². The van der Waals surface area contributed by atoms with Gasteiger partial charge >= 0.3 is 0 Å². The van der Waals surface area contributed by atoms with Gasteiger partial charge in [-0.2, -0.15) is 5.10 Å².